The number of aliphatic hydroxyl groups excluding tert-OH is 1. The highest BCUT2D eigenvalue weighted by molar-refractivity contribution is 9.10. The van der Waals surface area contributed by atoms with Gasteiger partial charge >= 0.3 is 5.69 Å². The van der Waals surface area contributed by atoms with Gasteiger partial charge in [0.15, 0.2) is 0 Å². The molecule has 0 saturated carbocycles. The van der Waals surface area contributed by atoms with Crippen LogP contribution in [0.1, 0.15) is 29.5 Å². The second-order valence-corrected chi connectivity index (χ2v) is 6.16. The Hall–Kier alpha value is -1.67. The summed E-state index contributed by atoms with van der Waals surface area (Å²) in [5, 5.41) is 13.7. The molecule has 0 bridgehead atoms. The van der Waals surface area contributed by atoms with Crippen molar-refractivity contribution in [1.82, 2.24) is 19.3 Å². The zero-order valence-electron chi connectivity index (χ0n) is 11.4. The van der Waals surface area contributed by atoms with Gasteiger partial charge in [0, 0.05) is 37.3 Å². The molecule has 21 heavy (non-hydrogen) atoms. The minimum Gasteiger partial charge on any atom is -0.396 e. The molecule has 2 atom stereocenters. The van der Waals surface area contributed by atoms with Crippen LogP contribution < -0.4 is 11.2 Å². The molecule has 2 heterocycles. The first-order valence-corrected chi connectivity index (χ1v) is 7.42. The SMILES string of the molecule is Cn1ncc2c1[C@H](Cn1cc(Br)c(=O)[nH]c1=O)C[C@@H]2CO. The molecule has 2 aromatic rings. The van der Waals surface area contributed by atoms with E-state index >= 15 is 0 Å². The van der Waals surface area contributed by atoms with Crippen molar-refractivity contribution in [2.45, 2.75) is 24.8 Å². The number of aliphatic hydroxyl groups is 1. The molecule has 0 aliphatic heterocycles. The zero-order valence-corrected chi connectivity index (χ0v) is 13.0. The van der Waals surface area contributed by atoms with E-state index in [1.54, 1.807) is 10.9 Å². The monoisotopic (exact) mass is 354 g/mol. The van der Waals surface area contributed by atoms with Crippen molar-refractivity contribution in [1.29, 1.82) is 0 Å². The number of halogens is 1. The number of hydrogen-bond acceptors (Lipinski definition) is 4. The van der Waals surface area contributed by atoms with Crippen molar-refractivity contribution >= 4 is 15.9 Å². The van der Waals surface area contributed by atoms with Crippen LogP contribution in [0.25, 0.3) is 0 Å². The molecule has 0 aromatic carbocycles. The van der Waals surface area contributed by atoms with Gasteiger partial charge in [0.05, 0.1) is 17.3 Å². The first-order chi connectivity index (χ1) is 10.0. The van der Waals surface area contributed by atoms with E-state index in [4.69, 9.17) is 0 Å². The van der Waals surface area contributed by atoms with Gasteiger partial charge in [-0.25, -0.2) is 4.79 Å². The predicted octanol–water partition coefficient (Wildman–Crippen LogP) is 0.296. The van der Waals surface area contributed by atoms with E-state index in [0.717, 1.165) is 17.7 Å². The lowest BCUT2D eigenvalue weighted by atomic mass is 10.0. The molecule has 0 amide bonds. The highest BCUT2D eigenvalue weighted by Gasteiger charge is 2.34. The normalized spacial score (nSPS) is 20.7. The topological polar surface area (TPSA) is 92.9 Å². The molecule has 112 valence electrons. The Balaban J connectivity index is 1.97. The van der Waals surface area contributed by atoms with Gasteiger partial charge < -0.3 is 5.11 Å². The Kier molecular flexibility index (Phi) is 3.58. The highest BCUT2D eigenvalue weighted by Crippen LogP contribution is 2.41. The van der Waals surface area contributed by atoms with E-state index in [9.17, 15) is 14.7 Å². The van der Waals surface area contributed by atoms with Gasteiger partial charge in [-0.3, -0.25) is 19.0 Å². The van der Waals surface area contributed by atoms with Gasteiger partial charge in [-0.05, 0) is 27.9 Å². The van der Waals surface area contributed by atoms with E-state index in [1.807, 2.05) is 7.05 Å². The van der Waals surface area contributed by atoms with Crippen LogP contribution in [0, 0.1) is 0 Å². The third kappa shape index (κ3) is 2.38. The van der Waals surface area contributed by atoms with Crippen molar-refractivity contribution < 1.29 is 5.11 Å². The Morgan fingerprint density at radius 2 is 2.24 bits per heavy atom. The van der Waals surface area contributed by atoms with Crippen LogP contribution in [0.15, 0.2) is 26.5 Å². The van der Waals surface area contributed by atoms with Gasteiger partial charge in [0.25, 0.3) is 5.56 Å². The van der Waals surface area contributed by atoms with Gasteiger partial charge in [-0.15, -0.1) is 0 Å². The fourth-order valence-corrected chi connectivity index (χ4v) is 3.40. The summed E-state index contributed by atoms with van der Waals surface area (Å²) >= 11 is 3.13. The lowest BCUT2D eigenvalue weighted by Gasteiger charge is -2.14. The van der Waals surface area contributed by atoms with Crippen LogP contribution >= 0.6 is 15.9 Å². The smallest absolute Gasteiger partial charge is 0.328 e. The standard InChI is InChI=1S/C13H15BrN4O3/c1-17-11-7(2-8(6-19)9(11)3-15-17)4-18-5-10(14)12(20)16-13(18)21/h3,5,7-8,19H,2,4,6H2,1H3,(H,16,20,21)/t7-,8+/m0/s1. The number of rotatable bonds is 3. The second kappa shape index (κ2) is 5.27. The van der Waals surface area contributed by atoms with Crippen LogP contribution in [0.2, 0.25) is 0 Å². The third-order valence-electron chi connectivity index (χ3n) is 4.01. The van der Waals surface area contributed by atoms with Crippen molar-refractivity contribution in [3.63, 3.8) is 0 Å². The minimum atomic E-state index is -0.433. The quantitative estimate of drug-likeness (QED) is 0.828. The Morgan fingerprint density at radius 3 is 2.95 bits per heavy atom. The number of nitrogens with one attached hydrogen (secondary N) is 1. The summed E-state index contributed by atoms with van der Waals surface area (Å²) in [6.07, 6.45) is 4.05. The molecule has 0 saturated heterocycles. The Morgan fingerprint density at radius 1 is 1.48 bits per heavy atom. The summed E-state index contributed by atoms with van der Waals surface area (Å²) in [7, 11) is 1.86. The van der Waals surface area contributed by atoms with Gasteiger partial charge in [0.2, 0.25) is 0 Å². The molecular formula is C13H15BrN4O3. The maximum atomic E-state index is 11.9. The molecule has 0 radical (unpaired) electrons. The first-order valence-electron chi connectivity index (χ1n) is 6.63. The summed E-state index contributed by atoms with van der Waals surface area (Å²) in [6, 6.07) is 0. The molecule has 0 fully saturated rings. The molecule has 7 nitrogen and oxygen atoms in total. The molecular weight excluding hydrogens is 340 g/mol. The van der Waals surface area contributed by atoms with E-state index in [0.29, 0.717) is 11.0 Å². The fourth-order valence-electron chi connectivity index (χ4n) is 3.05. The van der Waals surface area contributed by atoms with E-state index in [1.165, 1.54) is 10.8 Å². The summed E-state index contributed by atoms with van der Waals surface area (Å²) < 4.78 is 3.60. The average Bonchev–Trinajstić information content (AvgIpc) is 2.98. The van der Waals surface area contributed by atoms with Crippen LogP contribution in [-0.2, 0) is 13.6 Å². The number of aryl methyl sites for hydroxylation is 1. The highest BCUT2D eigenvalue weighted by atomic mass is 79.9. The number of H-pyrrole nitrogens is 1. The Bertz CT molecular complexity index is 791. The number of hydrogen-bond donors (Lipinski definition) is 2. The van der Waals surface area contributed by atoms with Crippen LogP contribution in [-0.4, -0.2) is 31.0 Å². The fraction of sp³-hybridized carbons (Fsp3) is 0.462. The molecule has 2 N–H and O–H groups in total. The largest absolute Gasteiger partial charge is 0.396 e. The summed E-state index contributed by atoms with van der Waals surface area (Å²) in [5.41, 5.74) is 1.22. The lowest BCUT2D eigenvalue weighted by molar-refractivity contribution is 0.258. The van der Waals surface area contributed by atoms with Crippen molar-refractivity contribution in [3.8, 4) is 0 Å². The molecule has 0 unspecified atom stereocenters. The van der Waals surface area contributed by atoms with Gasteiger partial charge in [0.1, 0.15) is 0 Å². The maximum absolute atomic E-state index is 11.9. The van der Waals surface area contributed by atoms with Crippen LogP contribution in [0.5, 0.6) is 0 Å². The van der Waals surface area contributed by atoms with Crippen LogP contribution in [0.4, 0.5) is 0 Å². The van der Waals surface area contributed by atoms with Crippen molar-refractivity contribution in [2.75, 3.05) is 6.61 Å². The Labute approximate surface area is 128 Å². The number of fused-ring (bicyclic) bond motifs is 1. The second-order valence-electron chi connectivity index (χ2n) is 5.31. The summed E-state index contributed by atoms with van der Waals surface area (Å²) in [6.45, 7) is 0.511. The number of aromatic nitrogens is 4. The molecule has 3 rings (SSSR count). The molecule has 1 aliphatic rings. The number of aromatic amines is 1. The van der Waals surface area contributed by atoms with E-state index < -0.39 is 11.2 Å². The van der Waals surface area contributed by atoms with E-state index in [2.05, 4.69) is 26.0 Å². The first kappa shape index (κ1) is 14.3. The van der Waals surface area contributed by atoms with Gasteiger partial charge in [-0.1, -0.05) is 0 Å². The summed E-state index contributed by atoms with van der Waals surface area (Å²) in [4.78, 5) is 25.5. The minimum absolute atomic E-state index is 0.0561. The van der Waals surface area contributed by atoms with Crippen molar-refractivity contribution in [2.24, 2.45) is 7.05 Å². The van der Waals surface area contributed by atoms with Crippen molar-refractivity contribution in [3.05, 3.63) is 49.0 Å². The number of nitrogens with zero attached hydrogens (tertiary/aromatic N) is 3. The predicted molar refractivity (Wildman–Crippen MR) is 79.4 cm³/mol. The lowest BCUT2D eigenvalue weighted by Crippen LogP contribution is -2.31. The maximum Gasteiger partial charge on any atom is 0.328 e. The third-order valence-corrected chi connectivity index (χ3v) is 4.58. The molecule has 8 heteroatoms. The average molecular weight is 355 g/mol. The molecule has 2 aromatic heterocycles. The molecule has 1 aliphatic carbocycles. The summed E-state index contributed by atoms with van der Waals surface area (Å²) in [5.74, 6) is 0.140. The van der Waals surface area contributed by atoms with Gasteiger partial charge in [-0.2, -0.15) is 5.10 Å². The zero-order chi connectivity index (χ0) is 15.1. The van der Waals surface area contributed by atoms with Crippen LogP contribution in [0.3, 0.4) is 0 Å². The molecule has 0 spiro atoms. The van der Waals surface area contributed by atoms with E-state index in [-0.39, 0.29) is 18.4 Å².